The second-order valence-corrected chi connectivity index (χ2v) is 5.78. The van der Waals surface area contributed by atoms with E-state index in [9.17, 15) is 4.39 Å². The van der Waals surface area contributed by atoms with E-state index in [4.69, 9.17) is 0 Å². The minimum Gasteiger partial charge on any atom is -0.247 e. The number of rotatable bonds is 7. The molecule has 0 saturated heterocycles. The molecular formula is C15H31F. The molecule has 0 aromatic rings. The Morgan fingerprint density at radius 1 is 0.750 bits per heavy atom. The first-order valence-corrected chi connectivity index (χ1v) is 7.00. The molecule has 0 spiro atoms. The van der Waals surface area contributed by atoms with E-state index < -0.39 is 6.17 Å². The van der Waals surface area contributed by atoms with Crippen LogP contribution in [0.2, 0.25) is 0 Å². The van der Waals surface area contributed by atoms with Crippen LogP contribution in [-0.4, -0.2) is 6.17 Å². The molecule has 0 aliphatic carbocycles. The van der Waals surface area contributed by atoms with Crippen LogP contribution in [0.1, 0.15) is 61.3 Å². The lowest BCUT2D eigenvalue weighted by molar-refractivity contribution is 0.0922. The highest BCUT2D eigenvalue weighted by molar-refractivity contribution is 4.80. The van der Waals surface area contributed by atoms with Crippen molar-refractivity contribution in [1.82, 2.24) is 0 Å². The van der Waals surface area contributed by atoms with Crippen LogP contribution in [0.15, 0.2) is 0 Å². The van der Waals surface area contributed by atoms with Gasteiger partial charge in [0.05, 0.1) is 0 Å². The fourth-order valence-electron chi connectivity index (χ4n) is 2.96. The molecule has 0 aromatic carbocycles. The van der Waals surface area contributed by atoms with E-state index in [2.05, 4.69) is 41.5 Å². The highest BCUT2D eigenvalue weighted by atomic mass is 19.1. The summed E-state index contributed by atoms with van der Waals surface area (Å²) in [4.78, 5) is 0. The van der Waals surface area contributed by atoms with E-state index in [-0.39, 0.29) is 5.92 Å². The van der Waals surface area contributed by atoms with Crippen molar-refractivity contribution in [1.29, 1.82) is 0 Å². The normalized spacial score (nSPS) is 21.6. The smallest absolute Gasteiger partial charge is 0.100 e. The molecule has 0 nitrogen and oxygen atoms in total. The van der Waals surface area contributed by atoms with Crippen LogP contribution < -0.4 is 0 Å². The summed E-state index contributed by atoms with van der Waals surface area (Å²) in [5, 5.41) is 0. The zero-order valence-corrected chi connectivity index (χ0v) is 12.3. The highest BCUT2D eigenvalue weighted by Gasteiger charge is 2.31. The molecule has 0 aromatic heterocycles. The lowest BCUT2D eigenvalue weighted by atomic mass is 9.69. The molecule has 1 heteroatoms. The Bertz CT molecular complexity index is 154. The van der Waals surface area contributed by atoms with Crippen LogP contribution in [0.25, 0.3) is 0 Å². The van der Waals surface area contributed by atoms with Crippen molar-refractivity contribution >= 4 is 0 Å². The minimum absolute atomic E-state index is 0.191. The highest BCUT2D eigenvalue weighted by Crippen LogP contribution is 2.37. The number of halogens is 1. The van der Waals surface area contributed by atoms with Crippen molar-refractivity contribution in [2.45, 2.75) is 67.5 Å². The molecule has 5 unspecified atom stereocenters. The van der Waals surface area contributed by atoms with Gasteiger partial charge in [-0.25, -0.2) is 4.39 Å². The van der Waals surface area contributed by atoms with Crippen LogP contribution in [-0.2, 0) is 0 Å². The second kappa shape index (κ2) is 7.29. The summed E-state index contributed by atoms with van der Waals surface area (Å²) < 4.78 is 13.5. The molecule has 0 fully saturated rings. The first-order chi connectivity index (χ1) is 7.36. The zero-order chi connectivity index (χ0) is 12.9. The Labute approximate surface area is 102 Å². The Hall–Kier alpha value is -0.0700. The molecule has 98 valence electrons. The molecule has 0 bridgehead atoms. The van der Waals surface area contributed by atoms with Gasteiger partial charge in [0.2, 0.25) is 0 Å². The quantitative estimate of drug-likeness (QED) is 0.555. The van der Waals surface area contributed by atoms with E-state index in [0.29, 0.717) is 23.7 Å². The summed E-state index contributed by atoms with van der Waals surface area (Å²) in [7, 11) is 0. The zero-order valence-electron chi connectivity index (χ0n) is 12.3. The van der Waals surface area contributed by atoms with Crippen LogP contribution >= 0.6 is 0 Å². The molecule has 16 heavy (non-hydrogen) atoms. The summed E-state index contributed by atoms with van der Waals surface area (Å²) >= 11 is 0. The van der Waals surface area contributed by atoms with Crippen molar-refractivity contribution < 1.29 is 4.39 Å². The van der Waals surface area contributed by atoms with Gasteiger partial charge in [-0.2, -0.15) is 0 Å². The van der Waals surface area contributed by atoms with Gasteiger partial charge in [0.1, 0.15) is 6.17 Å². The number of alkyl halides is 1. The van der Waals surface area contributed by atoms with Gasteiger partial charge < -0.3 is 0 Å². The molecule has 0 heterocycles. The summed E-state index contributed by atoms with van der Waals surface area (Å²) in [6.07, 6.45) is 1.60. The second-order valence-electron chi connectivity index (χ2n) is 5.78. The third kappa shape index (κ3) is 4.07. The van der Waals surface area contributed by atoms with Crippen molar-refractivity contribution in [3.05, 3.63) is 0 Å². The van der Waals surface area contributed by atoms with Gasteiger partial charge in [0, 0.05) is 0 Å². The molecule has 0 aliphatic rings. The Balaban J connectivity index is 4.74. The van der Waals surface area contributed by atoms with Gasteiger partial charge >= 0.3 is 0 Å². The summed E-state index contributed by atoms with van der Waals surface area (Å²) in [5.41, 5.74) is 0. The van der Waals surface area contributed by atoms with E-state index in [1.165, 1.54) is 6.42 Å². The molecule has 0 radical (unpaired) electrons. The van der Waals surface area contributed by atoms with Crippen molar-refractivity contribution in [2.24, 2.45) is 29.6 Å². The maximum absolute atomic E-state index is 13.5. The Morgan fingerprint density at radius 3 is 1.38 bits per heavy atom. The van der Waals surface area contributed by atoms with Crippen molar-refractivity contribution in [3.63, 3.8) is 0 Å². The largest absolute Gasteiger partial charge is 0.247 e. The van der Waals surface area contributed by atoms with E-state index in [1.54, 1.807) is 6.92 Å². The maximum Gasteiger partial charge on any atom is 0.100 e. The lowest BCUT2D eigenvalue weighted by Gasteiger charge is -2.37. The van der Waals surface area contributed by atoms with Crippen molar-refractivity contribution in [2.75, 3.05) is 0 Å². The third-order valence-electron chi connectivity index (χ3n) is 4.62. The van der Waals surface area contributed by atoms with Crippen LogP contribution in [0.3, 0.4) is 0 Å². The first kappa shape index (κ1) is 15.9. The molecule has 0 amide bonds. The van der Waals surface area contributed by atoms with Crippen molar-refractivity contribution in [3.8, 4) is 0 Å². The SMILES string of the molecule is CCC(C(C)C(C)C)C(CC)C(C)C(C)F. The van der Waals surface area contributed by atoms with Crippen LogP contribution in [0.5, 0.6) is 0 Å². The van der Waals surface area contributed by atoms with Gasteiger partial charge in [-0.15, -0.1) is 0 Å². The maximum atomic E-state index is 13.5. The van der Waals surface area contributed by atoms with Gasteiger partial charge in [0.25, 0.3) is 0 Å². The molecule has 0 aliphatic heterocycles. The van der Waals surface area contributed by atoms with Gasteiger partial charge in [-0.05, 0) is 36.5 Å². The Kier molecular flexibility index (Phi) is 7.26. The Morgan fingerprint density at radius 2 is 1.12 bits per heavy atom. The van der Waals surface area contributed by atoms with Gasteiger partial charge in [-0.3, -0.25) is 0 Å². The van der Waals surface area contributed by atoms with E-state index in [0.717, 1.165) is 6.42 Å². The predicted octanol–water partition coefficient (Wildman–Crippen LogP) is 5.33. The standard InChI is InChI=1S/C15H31F/c1-8-14(11(5)10(3)4)15(9-2)12(6)13(7)16/h10-15H,8-9H2,1-7H3. The monoisotopic (exact) mass is 230 g/mol. The van der Waals surface area contributed by atoms with E-state index in [1.807, 2.05) is 0 Å². The number of hydrogen-bond donors (Lipinski definition) is 0. The van der Waals surface area contributed by atoms with E-state index >= 15 is 0 Å². The fourth-order valence-corrected chi connectivity index (χ4v) is 2.96. The first-order valence-electron chi connectivity index (χ1n) is 7.00. The average Bonchev–Trinajstić information content (AvgIpc) is 2.23. The molecular weight excluding hydrogens is 199 g/mol. The van der Waals surface area contributed by atoms with Gasteiger partial charge in [0.15, 0.2) is 0 Å². The summed E-state index contributed by atoms with van der Waals surface area (Å²) in [6, 6.07) is 0. The predicted molar refractivity (Wildman–Crippen MR) is 71.3 cm³/mol. The topological polar surface area (TPSA) is 0 Å². The van der Waals surface area contributed by atoms with Crippen LogP contribution in [0, 0.1) is 29.6 Å². The third-order valence-corrected chi connectivity index (χ3v) is 4.62. The van der Waals surface area contributed by atoms with Crippen LogP contribution in [0.4, 0.5) is 4.39 Å². The molecule has 0 saturated carbocycles. The fraction of sp³-hybridized carbons (Fsp3) is 1.00. The average molecular weight is 230 g/mol. The summed E-state index contributed by atoms with van der Waals surface area (Å²) in [5.74, 6) is 2.77. The summed E-state index contributed by atoms with van der Waals surface area (Å²) in [6.45, 7) is 15.1. The molecule has 5 atom stereocenters. The van der Waals surface area contributed by atoms with Gasteiger partial charge in [-0.1, -0.05) is 54.4 Å². The molecule has 0 rings (SSSR count). The molecule has 0 N–H and O–H groups in total. The lowest BCUT2D eigenvalue weighted by Crippen LogP contribution is -2.32. The number of hydrogen-bond acceptors (Lipinski definition) is 0. The minimum atomic E-state index is -0.682.